The molecular weight excluding hydrogens is 313 g/mol. The van der Waals surface area contributed by atoms with Gasteiger partial charge in [-0.15, -0.1) is 0 Å². The van der Waals surface area contributed by atoms with Gasteiger partial charge in [-0.2, -0.15) is 9.49 Å². The fourth-order valence-corrected chi connectivity index (χ4v) is 2.14. The van der Waals surface area contributed by atoms with Gasteiger partial charge in [-0.1, -0.05) is 0 Å². The highest BCUT2D eigenvalue weighted by molar-refractivity contribution is 6.09. The molecule has 0 bridgehead atoms. The number of anilines is 3. The van der Waals surface area contributed by atoms with Gasteiger partial charge in [0.2, 0.25) is 5.95 Å². The van der Waals surface area contributed by atoms with Gasteiger partial charge in [0.15, 0.2) is 5.78 Å². The number of carbonyl (C=O) groups excluding carboxylic acids is 1. The number of pyridine rings is 2. The standard InChI is InChI=1S/C15H14FN7O/c1-23-14(3-5-19-23)21-12-7-9(2-4-18-12)15(24)10-6-11(16)20-13(8-10)22-17/h2-8H,17H2,1H3,(H,18,21)(H,20,22). The van der Waals surface area contributed by atoms with E-state index < -0.39 is 5.95 Å². The molecule has 0 aliphatic carbocycles. The molecule has 0 radical (unpaired) electrons. The van der Waals surface area contributed by atoms with Gasteiger partial charge in [-0.3, -0.25) is 9.48 Å². The average molecular weight is 327 g/mol. The highest BCUT2D eigenvalue weighted by atomic mass is 19.1. The molecule has 0 fully saturated rings. The van der Waals surface area contributed by atoms with Crippen LogP contribution in [0, 0.1) is 5.95 Å². The van der Waals surface area contributed by atoms with Crippen LogP contribution in [-0.4, -0.2) is 25.5 Å². The van der Waals surface area contributed by atoms with Crippen molar-refractivity contribution in [1.29, 1.82) is 0 Å². The maximum atomic E-state index is 13.5. The number of nitrogens with zero attached hydrogens (tertiary/aromatic N) is 4. The maximum absolute atomic E-state index is 13.5. The zero-order chi connectivity index (χ0) is 17.1. The van der Waals surface area contributed by atoms with Crippen molar-refractivity contribution in [1.82, 2.24) is 19.7 Å². The summed E-state index contributed by atoms with van der Waals surface area (Å²) in [6.45, 7) is 0. The Labute approximate surface area is 136 Å². The molecule has 3 rings (SSSR count). The van der Waals surface area contributed by atoms with E-state index in [1.165, 1.54) is 12.3 Å². The lowest BCUT2D eigenvalue weighted by molar-refractivity contribution is 0.103. The lowest BCUT2D eigenvalue weighted by Crippen LogP contribution is -2.11. The highest BCUT2D eigenvalue weighted by Crippen LogP contribution is 2.18. The van der Waals surface area contributed by atoms with Gasteiger partial charge < -0.3 is 10.7 Å². The molecule has 0 aliphatic heterocycles. The van der Waals surface area contributed by atoms with E-state index in [4.69, 9.17) is 5.84 Å². The molecule has 0 saturated carbocycles. The third kappa shape index (κ3) is 3.20. The fraction of sp³-hybridized carbons (Fsp3) is 0.0667. The number of ketones is 1. The summed E-state index contributed by atoms with van der Waals surface area (Å²) in [5.41, 5.74) is 2.71. The molecule has 9 heteroatoms. The van der Waals surface area contributed by atoms with E-state index in [1.807, 2.05) is 0 Å². The first-order valence-corrected chi connectivity index (χ1v) is 6.97. The Kier molecular flexibility index (Phi) is 4.17. The summed E-state index contributed by atoms with van der Waals surface area (Å²) in [5.74, 6) is 5.31. The summed E-state index contributed by atoms with van der Waals surface area (Å²) >= 11 is 0. The zero-order valence-corrected chi connectivity index (χ0v) is 12.7. The summed E-state index contributed by atoms with van der Waals surface area (Å²) in [7, 11) is 1.78. The third-order valence-electron chi connectivity index (χ3n) is 3.30. The zero-order valence-electron chi connectivity index (χ0n) is 12.7. The van der Waals surface area contributed by atoms with Crippen molar-refractivity contribution in [2.24, 2.45) is 12.9 Å². The monoisotopic (exact) mass is 327 g/mol. The van der Waals surface area contributed by atoms with Crippen molar-refractivity contribution in [3.05, 3.63) is 59.8 Å². The van der Waals surface area contributed by atoms with Gasteiger partial charge in [0.05, 0.1) is 6.20 Å². The number of nitrogens with one attached hydrogen (secondary N) is 2. The second kappa shape index (κ2) is 6.42. The van der Waals surface area contributed by atoms with Gasteiger partial charge in [0, 0.05) is 36.5 Å². The fourth-order valence-electron chi connectivity index (χ4n) is 2.14. The Balaban J connectivity index is 1.89. The topological polar surface area (TPSA) is 111 Å². The summed E-state index contributed by atoms with van der Waals surface area (Å²) in [6, 6.07) is 7.32. The van der Waals surface area contributed by atoms with Crippen LogP contribution in [-0.2, 0) is 7.05 Å². The first kappa shape index (κ1) is 15.6. The molecule has 0 atom stereocenters. The number of aromatic nitrogens is 4. The van der Waals surface area contributed by atoms with E-state index in [0.717, 1.165) is 11.9 Å². The van der Waals surface area contributed by atoms with E-state index in [2.05, 4.69) is 25.8 Å². The van der Waals surface area contributed by atoms with E-state index in [1.54, 1.807) is 36.1 Å². The minimum absolute atomic E-state index is 0.0700. The number of nitrogen functional groups attached to an aromatic ring is 1. The number of rotatable bonds is 5. The maximum Gasteiger partial charge on any atom is 0.215 e. The predicted octanol–water partition coefficient (Wildman–Crippen LogP) is 1.61. The van der Waals surface area contributed by atoms with Crippen molar-refractivity contribution in [3.63, 3.8) is 0 Å². The summed E-state index contributed by atoms with van der Waals surface area (Å²) < 4.78 is 15.1. The third-order valence-corrected chi connectivity index (χ3v) is 3.30. The van der Waals surface area contributed by atoms with Crippen LogP contribution < -0.4 is 16.6 Å². The molecular formula is C15H14FN7O. The van der Waals surface area contributed by atoms with Crippen molar-refractivity contribution >= 4 is 23.2 Å². The Morgan fingerprint density at radius 3 is 2.67 bits per heavy atom. The first-order valence-electron chi connectivity index (χ1n) is 6.97. The second-order valence-electron chi connectivity index (χ2n) is 4.93. The molecule has 4 N–H and O–H groups in total. The summed E-state index contributed by atoms with van der Waals surface area (Å²) in [5, 5.41) is 7.09. The van der Waals surface area contributed by atoms with Crippen LogP contribution >= 0.6 is 0 Å². The second-order valence-corrected chi connectivity index (χ2v) is 4.93. The molecule has 0 aromatic carbocycles. The van der Waals surface area contributed by atoms with Crippen molar-refractivity contribution in [2.75, 3.05) is 10.7 Å². The largest absolute Gasteiger partial charge is 0.325 e. The van der Waals surface area contributed by atoms with E-state index in [-0.39, 0.29) is 17.2 Å². The van der Waals surface area contributed by atoms with Gasteiger partial charge in [0.1, 0.15) is 17.5 Å². The van der Waals surface area contributed by atoms with Crippen molar-refractivity contribution in [3.8, 4) is 0 Å². The smallest absolute Gasteiger partial charge is 0.215 e. The molecule has 0 unspecified atom stereocenters. The number of halogens is 1. The predicted molar refractivity (Wildman–Crippen MR) is 86.2 cm³/mol. The van der Waals surface area contributed by atoms with Crippen molar-refractivity contribution in [2.45, 2.75) is 0 Å². The van der Waals surface area contributed by atoms with Crippen LogP contribution in [0.1, 0.15) is 15.9 Å². The molecule has 3 aromatic rings. The van der Waals surface area contributed by atoms with Crippen LogP contribution in [0.5, 0.6) is 0 Å². The number of hydrogen-bond donors (Lipinski definition) is 3. The minimum atomic E-state index is -0.795. The van der Waals surface area contributed by atoms with Gasteiger partial charge in [-0.25, -0.2) is 15.8 Å². The first-order chi connectivity index (χ1) is 11.6. The molecule has 0 amide bonds. The number of nitrogens with two attached hydrogens (primary N) is 1. The number of aryl methyl sites for hydroxylation is 1. The molecule has 3 heterocycles. The Morgan fingerprint density at radius 1 is 1.17 bits per heavy atom. The van der Waals surface area contributed by atoms with Crippen molar-refractivity contribution < 1.29 is 9.18 Å². The van der Waals surface area contributed by atoms with Crippen LogP contribution in [0.4, 0.5) is 21.8 Å². The average Bonchev–Trinajstić information content (AvgIpc) is 2.98. The lowest BCUT2D eigenvalue weighted by Gasteiger charge is -2.08. The number of carbonyl (C=O) groups is 1. The molecule has 0 aliphatic rings. The van der Waals surface area contributed by atoms with E-state index in [9.17, 15) is 9.18 Å². The van der Waals surface area contributed by atoms with Gasteiger partial charge >= 0.3 is 0 Å². The Morgan fingerprint density at radius 2 is 1.96 bits per heavy atom. The van der Waals surface area contributed by atoms with Crippen LogP contribution in [0.15, 0.2) is 42.7 Å². The molecule has 122 valence electrons. The van der Waals surface area contributed by atoms with Gasteiger partial charge in [-0.05, 0) is 18.2 Å². The summed E-state index contributed by atoms with van der Waals surface area (Å²) in [4.78, 5) is 20.2. The Bertz CT molecular complexity index is 893. The highest BCUT2D eigenvalue weighted by Gasteiger charge is 2.13. The van der Waals surface area contributed by atoms with Gasteiger partial charge in [0.25, 0.3) is 0 Å². The molecule has 0 spiro atoms. The van der Waals surface area contributed by atoms with Crippen LogP contribution in [0.25, 0.3) is 0 Å². The minimum Gasteiger partial charge on any atom is -0.325 e. The van der Waals surface area contributed by atoms with E-state index in [0.29, 0.717) is 11.4 Å². The quantitative estimate of drug-likeness (QED) is 0.282. The molecule has 3 aromatic heterocycles. The summed E-state index contributed by atoms with van der Waals surface area (Å²) in [6.07, 6.45) is 3.13. The SMILES string of the molecule is Cn1nccc1Nc1cc(C(=O)c2cc(F)nc(NN)c2)ccn1. The van der Waals surface area contributed by atoms with E-state index >= 15 is 0 Å². The number of hydrogen-bond acceptors (Lipinski definition) is 7. The molecule has 8 nitrogen and oxygen atoms in total. The van der Waals surface area contributed by atoms with Crippen LogP contribution in [0.2, 0.25) is 0 Å². The Hall–Kier alpha value is -3.33. The molecule has 24 heavy (non-hydrogen) atoms. The lowest BCUT2D eigenvalue weighted by atomic mass is 10.1. The van der Waals surface area contributed by atoms with Crippen LogP contribution in [0.3, 0.4) is 0 Å². The number of hydrazine groups is 1. The molecule has 0 saturated heterocycles. The normalized spacial score (nSPS) is 10.5.